The van der Waals surface area contributed by atoms with Crippen LogP contribution in [0.2, 0.25) is 0 Å². The number of aromatic nitrogens is 3. The molecule has 0 radical (unpaired) electrons. The van der Waals surface area contributed by atoms with Crippen LogP contribution >= 0.6 is 0 Å². The van der Waals surface area contributed by atoms with Gasteiger partial charge in [0.2, 0.25) is 0 Å². The van der Waals surface area contributed by atoms with E-state index in [2.05, 4.69) is 20.6 Å². The molecule has 2 aliphatic rings. The molecule has 0 saturated carbocycles. The molecule has 3 aromatic rings. The normalized spacial score (nSPS) is 19.8. The predicted molar refractivity (Wildman–Crippen MR) is 115 cm³/mol. The number of hydrogen-bond acceptors (Lipinski definition) is 7. The Hall–Kier alpha value is -2.84. The number of nitrogens with one attached hydrogen (secondary N) is 2. The maximum atomic E-state index is 14.9. The Morgan fingerprint density at radius 3 is 2.80 bits per heavy atom. The number of morpholine rings is 1. The summed E-state index contributed by atoms with van der Waals surface area (Å²) >= 11 is 0. The topological polar surface area (TPSA) is 75.2 Å². The molecule has 0 amide bonds. The second-order valence-corrected chi connectivity index (χ2v) is 7.73. The summed E-state index contributed by atoms with van der Waals surface area (Å²) in [5, 5.41) is 6.92. The summed E-state index contributed by atoms with van der Waals surface area (Å²) in [7, 11) is 0. The van der Waals surface area contributed by atoms with Gasteiger partial charge in [-0.25, -0.2) is 14.4 Å². The van der Waals surface area contributed by atoms with Gasteiger partial charge in [0.05, 0.1) is 30.1 Å². The van der Waals surface area contributed by atoms with Gasteiger partial charge >= 0.3 is 0 Å². The zero-order valence-electron chi connectivity index (χ0n) is 16.8. The Bertz CT molecular complexity index is 1030. The number of fused-ring (bicyclic) bond motifs is 1. The van der Waals surface area contributed by atoms with Crippen molar-refractivity contribution in [1.82, 2.24) is 20.3 Å². The fourth-order valence-corrected chi connectivity index (χ4v) is 4.12. The Morgan fingerprint density at radius 2 is 2.00 bits per heavy atom. The largest absolute Gasteiger partial charge is 0.378 e. The maximum Gasteiger partial charge on any atom is 0.155 e. The van der Waals surface area contributed by atoms with Crippen molar-refractivity contribution in [3.05, 3.63) is 42.5 Å². The predicted octanol–water partition coefficient (Wildman–Crippen LogP) is 2.83. The number of hydrogen-bond donors (Lipinski definition) is 2. The van der Waals surface area contributed by atoms with E-state index in [4.69, 9.17) is 9.72 Å². The van der Waals surface area contributed by atoms with Gasteiger partial charge in [0.25, 0.3) is 0 Å². The lowest BCUT2D eigenvalue weighted by Gasteiger charge is -2.29. The lowest BCUT2D eigenvalue weighted by atomic mass is 10.1. The first-order chi connectivity index (χ1) is 14.8. The van der Waals surface area contributed by atoms with Crippen LogP contribution in [0.5, 0.6) is 0 Å². The number of piperidine rings is 1. The molecule has 1 unspecified atom stereocenters. The molecule has 156 valence electrons. The molecule has 0 bridgehead atoms. The zero-order chi connectivity index (χ0) is 20.3. The quantitative estimate of drug-likeness (QED) is 0.688. The van der Waals surface area contributed by atoms with Crippen LogP contribution in [0.4, 0.5) is 15.9 Å². The number of nitrogens with zero attached hydrogens (tertiary/aromatic N) is 4. The van der Waals surface area contributed by atoms with E-state index in [1.807, 2.05) is 23.1 Å². The molecule has 1 atom stereocenters. The molecule has 2 saturated heterocycles. The molecule has 4 heterocycles. The Morgan fingerprint density at radius 1 is 1.13 bits per heavy atom. The average Bonchev–Trinajstić information content (AvgIpc) is 2.80. The third-order valence-electron chi connectivity index (χ3n) is 5.69. The van der Waals surface area contributed by atoms with Crippen LogP contribution in [0.25, 0.3) is 22.3 Å². The third-order valence-corrected chi connectivity index (χ3v) is 5.69. The fraction of sp³-hybridized carbons (Fsp3) is 0.409. The number of halogens is 1. The summed E-state index contributed by atoms with van der Waals surface area (Å²) in [5.41, 5.74) is 3.49. The molecule has 1 aromatic carbocycles. The molecule has 2 fully saturated rings. The van der Waals surface area contributed by atoms with Crippen molar-refractivity contribution < 1.29 is 9.13 Å². The molecular weight excluding hydrogens is 383 g/mol. The number of anilines is 2. The standard InChI is InChI=1S/C22H25FN6O/c23-17-12-15(3-4-20(17)29-8-10-30-11-9-29)18-13-19-21(26-7-6-25-19)22(28-18)27-16-2-1-5-24-14-16/h3-4,6-7,12-13,16,24H,1-2,5,8-11,14H2,(H,27,28). The Kier molecular flexibility index (Phi) is 5.42. The van der Waals surface area contributed by atoms with E-state index < -0.39 is 0 Å². The van der Waals surface area contributed by atoms with E-state index in [1.165, 1.54) is 0 Å². The fourth-order valence-electron chi connectivity index (χ4n) is 4.12. The van der Waals surface area contributed by atoms with Crippen LogP contribution in [0.15, 0.2) is 36.7 Å². The molecule has 7 nitrogen and oxygen atoms in total. The van der Waals surface area contributed by atoms with Gasteiger partial charge in [0, 0.05) is 43.6 Å². The number of ether oxygens (including phenoxy) is 1. The molecule has 2 aliphatic heterocycles. The summed E-state index contributed by atoms with van der Waals surface area (Å²) in [6, 6.07) is 7.46. The average molecular weight is 408 g/mol. The molecule has 30 heavy (non-hydrogen) atoms. The monoisotopic (exact) mass is 408 g/mol. The lowest BCUT2D eigenvalue weighted by molar-refractivity contribution is 0.122. The highest BCUT2D eigenvalue weighted by molar-refractivity contribution is 5.88. The van der Waals surface area contributed by atoms with Crippen molar-refractivity contribution in [3.8, 4) is 11.3 Å². The molecule has 0 aliphatic carbocycles. The summed E-state index contributed by atoms with van der Waals surface area (Å²) in [6.45, 7) is 4.57. The minimum Gasteiger partial charge on any atom is -0.378 e. The van der Waals surface area contributed by atoms with Gasteiger partial charge in [-0.05, 0) is 37.6 Å². The van der Waals surface area contributed by atoms with Crippen molar-refractivity contribution in [2.45, 2.75) is 18.9 Å². The first-order valence-electron chi connectivity index (χ1n) is 10.5. The highest BCUT2D eigenvalue weighted by Crippen LogP contribution is 2.30. The van der Waals surface area contributed by atoms with E-state index in [0.717, 1.165) is 42.5 Å². The first kappa shape index (κ1) is 19.1. The van der Waals surface area contributed by atoms with E-state index >= 15 is 0 Å². The van der Waals surface area contributed by atoms with Crippen LogP contribution in [-0.2, 0) is 4.74 Å². The number of benzene rings is 1. The Balaban J connectivity index is 1.49. The van der Waals surface area contributed by atoms with Crippen LogP contribution in [0.3, 0.4) is 0 Å². The Labute approximate surface area is 174 Å². The van der Waals surface area contributed by atoms with Crippen molar-refractivity contribution in [1.29, 1.82) is 0 Å². The second kappa shape index (κ2) is 8.49. The van der Waals surface area contributed by atoms with Gasteiger partial charge in [-0.2, -0.15) is 0 Å². The molecule has 5 rings (SSSR count). The highest BCUT2D eigenvalue weighted by Gasteiger charge is 2.19. The molecule has 2 N–H and O–H groups in total. The first-order valence-corrected chi connectivity index (χ1v) is 10.5. The van der Waals surface area contributed by atoms with Crippen molar-refractivity contribution >= 4 is 22.5 Å². The summed E-state index contributed by atoms with van der Waals surface area (Å²) in [4.78, 5) is 15.8. The van der Waals surface area contributed by atoms with E-state index in [9.17, 15) is 4.39 Å². The van der Waals surface area contributed by atoms with Crippen molar-refractivity contribution in [3.63, 3.8) is 0 Å². The van der Waals surface area contributed by atoms with Crippen LogP contribution in [0.1, 0.15) is 12.8 Å². The minimum absolute atomic E-state index is 0.249. The molecular formula is C22H25FN6O. The third kappa shape index (κ3) is 3.93. The van der Waals surface area contributed by atoms with Gasteiger partial charge in [-0.1, -0.05) is 6.07 Å². The van der Waals surface area contributed by atoms with Gasteiger partial charge in [0.15, 0.2) is 5.82 Å². The van der Waals surface area contributed by atoms with E-state index in [-0.39, 0.29) is 11.9 Å². The van der Waals surface area contributed by atoms with Crippen LogP contribution in [0, 0.1) is 5.82 Å². The van der Waals surface area contributed by atoms with Crippen LogP contribution < -0.4 is 15.5 Å². The molecule has 8 heteroatoms. The van der Waals surface area contributed by atoms with Crippen molar-refractivity contribution in [2.24, 2.45) is 0 Å². The summed E-state index contributed by atoms with van der Waals surface area (Å²) < 4.78 is 20.3. The smallest absolute Gasteiger partial charge is 0.155 e. The lowest BCUT2D eigenvalue weighted by Crippen LogP contribution is -2.38. The van der Waals surface area contributed by atoms with Crippen LogP contribution in [-0.4, -0.2) is 60.4 Å². The van der Waals surface area contributed by atoms with Gasteiger partial charge in [0.1, 0.15) is 11.3 Å². The van der Waals surface area contributed by atoms with Gasteiger partial charge < -0.3 is 20.3 Å². The van der Waals surface area contributed by atoms with Gasteiger partial charge in [-0.15, -0.1) is 0 Å². The minimum atomic E-state index is -0.249. The number of pyridine rings is 1. The number of rotatable bonds is 4. The van der Waals surface area contributed by atoms with E-state index in [0.29, 0.717) is 43.5 Å². The summed E-state index contributed by atoms with van der Waals surface area (Å²) in [5.74, 6) is 0.448. The van der Waals surface area contributed by atoms with Crippen molar-refractivity contribution in [2.75, 3.05) is 49.6 Å². The second-order valence-electron chi connectivity index (χ2n) is 7.73. The van der Waals surface area contributed by atoms with Gasteiger partial charge in [-0.3, -0.25) is 4.98 Å². The zero-order valence-corrected chi connectivity index (χ0v) is 16.8. The van der Waals surface area contributed by atoms with E-state index in [1.54, 1.807) is 18.5 Å². The molecule has 2 aromatic heterocycles. The SMILES string of the molecule is Fc1cc(-c2cc3nccnc3c(NC3CCCNC3)n2)ccc1N1CCOCC1. The molecule has 0 spiro atoms. The summed E-state index contributed by atoms with van der Waals surface area (Å²) in [6.07, 6.45) is 5.53. The highest BCUT2D eigenvalue weighted by atomic mass is 19.1. The maximum absolute atomic E-state index is 14.9.